The highest BCUT2D eigenvalue weighted by Gasteiger charge is 2.45. The molecule has 2 rings (SSSR count). The van der Waals surface area contributed by atoms with Crippen molar-refractivity contribution in [2.45, 2.75) is 44.8 Å². The fourth-order valence-electron chi connectivity index (χ4n) is 2.89. The Morgan fingerprint density at radius 3 is 2.65 bits per heavy atom. The highest BCUT2D eigenvalue weighted by molar-refractivity contribution is 5.83. The predicted molar refractivity (Wildman–Crippen MR) is 82.7 cm³/mol. The van der Waals surface area contributed by atoms with Crippen molar-refractivity contribution in [3.8, 4) is 0 Å². The van der Waals surface area contributed by atoms with Gasteiger partial charge in [0.05, 0.1) is 5.56 Å². The minimum absolute atomic E-state index is 0.0785. The fraction of sp³-hybridized carbons (Fsp3) is 0.588. The van der Waals surface area contributed by atoms with E-state index in [9.17, 15) is 18.0 Å². The Bertz CT molecular complexity index is 557. The number of nitrogens with two attached hydrogens (primary N) is 1. The summed E-state index contributed by atoms with van der Waals surface area (Å²) in [7, 11) is 0. The molecule has 0 bridgehead atoms. The summed E-state index contributed by atoms with van der Waals surface area (Å²) in [5.41, 5.74) is 5.57. The van der Waals surface area contributed by atoms with Crippen molar-refractivity contribution in [2.24, 2.45) is 17.6 Å². The van der Waals surface area contributed by atoms with Crippen LogP contribution in [0.3, 0.4) is 0 Å². The minimum atomic E-state index is -4.36. The van der Waals surface area contributed by atoms with Crippen LogP contribution in [-0.4, -0.2) is 18.5 Å². The normalized spacial score (nSPS) is 22.0. The third kappa shape index (κ3) is 4.70. The molecule has 1 aromatic carbocycles. The third-order valence-corrected chi connectivity index (χ3v) is 4.16. The number of carbonyl (C=O) groups is 1. The average molecular weight is 328 g/mol. The van der Waals surface area contributed by atoms with Crippen molar-refractivity contribution in [2.75, 3.05) is 6.54 Å². The lowest BCUT2D eigenvalue weighted by atomic mass is 10.0. The van der Waals surface area contributed by atoms with Crippen molar-refractivity contribution < 1.29 is 18.0 Å². The molecule has 0 heterocycles. The molecule has 0 spiro atoms. The Labute approximate surface area is 134 Å². The Hall–Kier alpha value is -1.56. The third-order valence-electron chi connectivity index (χ3n) is 4.16. The van der Waals surface area contributed by atoms with E-state index < -0.39 is 11.7 Å². The van der Waals surface area contributed by atoms with Gasteiger partial charge in [-0.15, -0.1) is 0 Å². The number of halogens is 3. The molecule has 1 aromatic rings. The van der Waals surface area contributed by atoms with E-state index in [4.69, 9.17) is 5.73 Å². The van der Waals surface area contributed by atoms with Crippen LogP contribution in [0.2, 0.25) is 0 Å². The van der Waals surface area contributed by atoms with Crippen LogP contribution in [0, 0.1) is 11.8 Å². The number of alkyl halides is 3. The summed E-state index contributed by atoms with van der Waals surface area (Å²) in [4.78, 5) is 12.2. The second kappa shape index (κ2) is 6.91. The van der Waals surface area contributed by atoms with Crippen LogP contribution in [0.15, 0.2) is 24.3 Å². The number of rotatable bonds is 6. The van der Waals surface area contributed by atoms with E-state index in [-0.39, 0.29) is 23.8 Å². The van der Waals surface area contributed by atoms with E-state index in [0.29, 0.717) is 24.4 Å². The molecule has 0 aliphatic heterocycles. The van der Waals surface area contributed by atoms with E-state index >= 15 is 0 Å². The maximum Gasteiger partial charge on any atom is 0.416 e. The molecule has 1 aliphatic carbocycles. The van der Waals surface area contributed by atoms with Gasteiger partial charge in [-0.3, -0.25) is 4.79 Å². The number of carbonyl (C=O) groups excluding carboxylic acids is 1. The molecule has 1 saturated carbocycles. The van der Waals surface area contributed by atoms with Gasteiger partial charge in [-0.05, 0) is 36.3 Å². The largest absolute Gasteiger partial charge is 0.416 e. The van der Waals surface area contributed by atoms with Crippen molar-refractivity contribution in [3.63, 3.8) is 0 Å². The summed E-state index contributed by atoms with van der Waals surface area (Å²) < 4.78 is 38.3. The molecule has 0 radical (unpaired) electrons. The summed E-state index contributed by atoms with van der Waals surface area (Å²) in [5, 5.41) is 2.92. The van der Waals surface area contributed by atoms with E-state index in [1.807, 2.05) is 0 Å². The molecule has 23 heavy (non-hydrogen) atoms. The second-order valence-electron chi connectivity index (χ2n) is 6.64. The first kappa shape index (κ1) is 17.8. The Balaban J connectivity index is 1.98. The first-order valence-corrected chi connectivity index (χ1v) is 7.90. The van der Waals surface area contributed by atoms with E-state index in [0.717, 1.165) is 18.6 Å². The number of benzene rings is 1. The summed E-state index contributed by atoms with van der Waals surface area (Å²) in [5.74, 6) is -0.0692. The van der Waals surface area contributed by atoms with Gasteiger partial charge in [-0.2, -0.15) is 13.2 Å². The van der Waals surface area contributed by atoms with Crippen LogP contribution in [-0.2, 0) is 11.0 Å². The number of hydrogen-bond acceptors (Lipinski definition) is 2. The van der Waals surface area contributed by atoms with Gasteiger partial charge in [0.2, 0.25) is 5.91 Å². The van der Waals surface area contributed by atoms with Crippen molar-refractivity contribution >= 4 is 5.91 Å². The van der Waals surface area contributed by atoms with Gasteiger partial charge in [-0.25, -0.2) is 0 Å². The molecule has 1 fully saturated rings. The van der Waals surface area contributed by atoms with Crippen LogP contribution in [0.4, 0.5) is 13.2 Å². The topological polar surface area (TPSA) is 55.1 Å². The molecule has 128 valence electrons. The summed E-state index contributed by atoms with van der Waals surface area (Å²) in [6.45, 7) is 4.47. The SMILES string of the molecule is CC(C)CC(CN)NC(=O)C1CC1c1cccc(C(F)(F)F)c1. The molecule has 3 unspecified atom stereocenters. The zero-order valence-electron chi connectivity index (χ0n) is 13.4. The lowest BCUT2D eigenvalue weighted by molar-refractivity contribution is -0.137. The lowest BCUT2D eigenvalue weighted by Crippen LogP contribution is -2.41. The van der Waals surface area contributed by atoms with Gasteiger partial charge < -0.3 is 11.1 Å². The van der Waals surface area contributed by atoms with Gasteiger partial charge in [-0.1, -0.05) is 32.0 Å². The van der Waals surface area contributed by atoms with Crippen molar-refractivity contribution in [3.05, 3.63) is 35.4 Å². The van der Waals surface area contributed by atoms with Crippen molar-refractivity contribution in [1.82, 2.24) is 5.32 Å². The number of nitrogens with one attached hydrogen (secondary N) is 1. The average Bonchev–Trinajstić information content (AvgIpc) is 3.25. The van der Waals surface area contributed by atoms with E-state index in [2.05, 4.69) is 19.2 Å². The molecule has 3 atom stereocenters. The van der Waals surface area contributed by atoms with Gasteiger partial charge in [0.25, 0.3) is 0 Å². The molecule has 0 aromatic heterocycles. The van der Waals surface area contributed by atoms with Crippen molar-refractivity contribution in [1.29, 1.82) is 0 Å². The van der Waals surface area contributed by atoms with Crippen LogP contribution in [0.1, 0.15) is 43.7 Å². The smallest absolute Gasteiger partial charge is 0.352 e. The molecular formula is C17H23F3N2O. The molecular weight excluding hydrogens is 305 g/mol. The van der Waals surface area contributed by atoms with Gasteiger partial charge in [0, 0.05) is 18.5 Å². The van der Waals surface area contributed by atoms with Gasteiger partial charge in [0.1, 0.15) is 0 Å². The highest BCUT2D eigenvalue weighted by Crippen LogP contribution is 2.48. The zero-order valence-corrected chi connectivity index (χ0v) is 13.4. The molecule has 0 saturated heterocycles. The maximum absolute atomic E-state index is 12.8. The molecule has 6 heteroatoms. The van der Waals surface area contributed by atoms with Crippen LogP contribution in [0.5, 0.6) is 0 Å². The van der Waals surface area contributed by atoms with Crippen LogP contribution >= 0.6 is 0 Å². The summed E-state index contributed by atoms with van der Waals surface area (Å²) in [6.07, 6.45) is -2.97. The molecule has 3 nitrogen and oxygen atoms in total. The highest BCUT2D eigenvalue weighted by atomic mass is 19.4. The summed E-state index contributed by atoms with van der Waals surface area (Å²) in [6, 6.07) is 5.17. The second-order valence-corrected chi connectivity index (χ2v) is 6.64. The lowest BCUT2D eigenvalue weighted by Gasteiger charge is -2.19. The quantitative estimate of drug-likeness (QED) is 0.842. The molecule has 3 N–H and O–H groups in total. The predicted octanol–water partition coefficient (Wildman–Crippen LogP) is 3.30. The van der Waals surface area contributed by atoms with E-state index in [1.54, 1.807) is 6.07 Å². The number of amides is 1. The molecule has 1 amide bonds. The van der Waals surface area contributed by atoms with Gasteiger partial charge in [0.15, 0.2) is 0 Å². The minimum Gasteiger partial charge on any atom is -0.352 e. The van der Waals surface area contributed by atoms with Crippen LogP contribution in [0.25, 0.3) is 0 Å². The monoisotopic (exact) mass is 328 g/mol. The van der Waals surface area contributed by atoms with Crippen LogP contribution < -0.4 is 11.1 Å². The first-order chi connectivity index (χ1) is 10.7. The Morgan fingerprint density at radius 2 is 2.09 bits per heavy atom. The standard InChI is InChI=1S/C17H23F3N2O/c1-10(2)6-13(9-21)22-16(23)15-8-14(15)11-4-3-5-12(7-11)17(18,19)20/h3-5,7,10,13-15H,6,8-9,21H2,1-2H3,(H,22,23). The maximum atomic E-state index is 12.8. The first-order valence-electron chi connectivity index (χ1n) is 7.90. The molecule has 1 aliphatic rings. The summed E-state index contributed by atoms with van der Waals surface area (Å²) >= 11 is 0. The Morgan fingerprint density at radius 1 is 1.39 bits per heavy atom. The van der Waals surface area contributed by atoms with E-state index in [1.165, 1.54) is 6.07 Å². The number of hydrogen-bond donors (Lipinski definition) is 2. The van der Waals surface area contributed by atoms with Gasteiger partial charge >= 0.3 is 6.18 Å². The zero-order chi connectivity index (χ0) is 17.2. The Kier molecular flexibility index (Phi) is 5.34. The fourth-order valence-corrected chi connectivity index (χ4v) is 2.89.